The van der Waals surface area contributed by atoms with Crippen molar-refractivity contribution in [2.45, 2.75) is 307 Å². The molecule has 7 N–H and O–H groups in total. The lowest BCUT2D eigenvalue weighted by atomic mass is 9.99. The number of carbonyl (C=O) groups is 1. The maximum atomic E-state index is 13.1. The number of aliphatic hydroxyl groups excluding tert-OH is 6. The molecule has 1 aliphatic rings. The summed E-state index contributed by atoms with van der Waals surface area (Å²) >= 11 is 0. The molecule has 10 heteroatoms. The highest BCUT2D eigenvalue weighted by Gasteiger charge is 2.44. The van der Waals surface area contributed by atoms with Crippen molar-refractivity contribution in [1.82, 2.24) is 5.32 Å². The van der Waals surface area contributed by atoms with Crippen molar-refractivity contribution in [3.63, 3.8) is 0 Å². The summed E-state index contributed by atoms with van der Waals surface area (Å²) < 4.78 is 11.1. The number of rotatable bonds is 47. The molecule has 0 bridgehead atoms. The first-order chi connectivity index (χ1) is 31.8. The molecule has 0 aliphatic carbocycles. The summed E-state index contributed by atoms with van der Waals surface area (Å²) in [6.07, 6.45) is 45.9. The van der Waals surface area contributed by atoms with E-state index in [0.717, 1.165) is 38.5 Å². The van der Waals surface area contributed by atoms with Crippen molar-refractivity contribution < 1.29 is 44.9 Å². The van der Waals surface area contributed by atoms with Gasteiger partial charge in [-0.2, -0.15) is 0 Å². The third kappa shape index (κ3) is 34.6. The van der Waals surface area contributed by atoms with Gasteiger partial charge < -0.3 is 45.4 Å². The fraction of sp³-hybridized carbons (Fsp3) is 0.909. The van der Waals surface area contributed by atoms with Crippen molar-refractivity contribution >= 4 is 5.91 Å². The Balaban J connectivity index is 2.17. The summed E-state index contributed by atoms with van der Waals surface area (Å²) in [6.45, 7) is 3.59. The van der Waals surface area contributed by atoms with E-state index < -0.39 is 61.5 Å². The number of allylic oxidation sites excluding steroid dienone is 3. The Bertz CT molecular complexity index is 1090. The Kier molecular flexibility index (Phi) is 42.8. The molecule has 1 heterocycles. The van der Waals surface area contributed by atoms with Gasteiger partial charge in [0.25, 0.3) is 0 Å². The molecular formula is C55H105NO9. The number of nitrogens with one attached hydrogen (secondary N) is 1. The minimum Gasteiger partial charge on any atom is -0.394 e. The first-order valence-corrected chi connectivity index (χ1v) is 27.7. The number of hydrogen-bond acceptors (Lipinski definition) is 9. The molecule has 1 fully saturated rings. The van der Waals surface area contributed by atoms with Crippen LogP contribution in [0.25, 0.3) is 0 Å². The second-order valence-electron chi connectivity index (χ2n) is 19.5. The fourth-order valence-corrected chi connectivity index (χ4v) is 8.89. The fourth-order valence-electron chi connectivity index (χ4n) is 8.89. The lowest BCUT2D eigenvalue weighted by Crippen LogP contribution is -2.60. The number of ether oxygens (including phenoxy) is 2. The minimum absolute atomic E-state index is 0.308. The van der Waals surface area contributed by atoms with Crippen molar-refractivity contribution in [3.8, 4) is 0 Å². The van der Waals surface area contributed by atoms with Crippen molar-refractivity contribution in [3.05, 3.63) is 24.3 Å². The van der Waals surface area contributed by atoms with Crippen LogP contribution in [0.1, 0.15) is 258 Å². The van der Waals surface area contributed by atoms with E-state index in [1.165, 1.54) is 193 Å². The molecular weight excluding hydrogens is 819 g/mol. The van der Waals surface area contributed by atoms with Gasteiger partial charge in [0, 0.05) is 0 Å². The molecule has 1 amide bonds. The maximum Gasteiger partial charge on any atom is 0.249 e. The highest BCUT2D eigenvalue weighted by Crippen LogP contribution is 2.23. The maximum absolute atomic E-state index is 13.1. The van der Waals surface area contributed by atoms with Crippen molar-refractivity contribution in [1.29, 1.82) is 0 Å². The van der Waals surface area contributed by atoms with Crippen LogP contribution in [-0.2, 0) is 14.3 Å². The summed E-state index contributed by atoms with van der Waals surface area (Å²) in [7, 11) is 0. The summed E-state index contributed by atoms with van der Waals surface area (Å²) in [5, 5.41) is 64.7. The van der Waals surface area contributed by atoms with Crippen molar-refractivity contribution in [2.75, 3.05) is 13.2 Å². The van der Waals surface area contributed by atoms with E-state index in [9.17, 15) is 35.4 Å². The Morgan fingerprint density at radius 1 is 0.523 bits per heavy atom. The van der Waals surface area contributed by atoms with Gasteiger partial charge in [-0.25, -0.2) is 0 Å². The van der Waals surface area contributed by atoms with E-state index in [1.807, 2.05) is 6.08 Å². The molecule has 1 saturated heterocycles. The highest BCUT2D eigenvalue weighted by atomic mass is 16.7. The summed E-state index contributed by atoms with van der Waals surface area (Å²) in [6, 6.07) is -0.993. The van der Waals surface area contributed by atoms with Crippen LogP contribution in [0.5, 0.6) is 0 Å². The van der Waals surface area contributed by atoms with Crippen LogP contribution in [0.15, 0.2) is 24.3 Å². The molecule has 0 saturated carbocycles. The quantitative estimate of drug-likeness (QED) is 0.0232. The van der Waals surface area contributed by atoms with Gasteiger partial charge in [0.1, 0.15) is 30.5 Å². The van der Waals surface area contributed by atoms with Gasteiger partial charge in [-0.3, -0.25) is 4.79 Å². The topological polar surface area (TPSA) is 169 Å². The van der Waals surface area contributed by atoms with E-state index in [1.54, 1.807) is 6.08 Å². The SMILES string of the molecule is CCCCCCC/C=C/CC/C=C/C(O)C(COC1OC(CO)C(O)C(O)C1O)NC(=O)C(O)CCCCCCCCCCCCCCCCCCCCCCCCCCCCCCC. The van der Waals surface area contributed by atoms with E-state index in [-0.39, 0.29) is 6.61 Å². The molecule has 1 aliphatic heterocycles. The number of carbonyl (C=O) groups excluding carboxylic acids is 1. The molecule has 0 spiro atoms. The standard InChI is InChI=1S/C55H105NO9/c1-3-5-7-9-11-13-15-16-17-18-19-20-21-22-23-24-25-26-27-28-29-30-31-32-34-36-38-40-42-44-49(59)54(63)56-47(46-64-55-53(62)52(61)51(60)50(45-57)65-55)48(58)43-41-39-37-35-33-14-12-10-8-6-4-2/h33,35,41,43,47-53,55,57-62H,3-32,34,36-40,42,44-46H2,1-2H3,(H,56,63)/b35-33+,43-41+. The van der Waals surface area contributed by atoms with Gasteiger partial charge in [-0.15, -0.1) is 0 Å². The lowest BCUT2D eigenvalue weighted by molar-refractivity contribution is -0.302. The smallest absolute Gasteiger partial charge is 0.249 e. The molecule has 1 rings (SSSR count). The Morgan fingerprint density at radius 3 is 1.34 bits per heavy atom. The minimum atomic E-state index is -1.61. The molecule has 8 atom stereocenters. The third-order valence-electron chi connectivity index (χ3n) is 13.4. The number of unbranched alkanes of at least 4 members (excludes halogenated alkanes) is 34. The average Bonchev–Trinajstić information content (AvgIpc) is 3.31. The van der Waals surface area contributed by atoms with Gasteiger partial charge >= 0.3 is 0 Å². The van der Waals surface area contributed by atoms with Gasteiger partial charge in [0.05, 0.1) is 25.4 Å². The first-order valence-electron chi connectivity index (χ1n) is 27.7. The predicted octanol–water partition coefficient (Wildman–Crippen LogP) is 12.0. The van der Waals surface area contributed by atoms with Gasteiger partial charge in [-0.1, -0.05) is 250 Å². The summed E-state index contributed by atoms with van der Waals surface area (Å²) in [5.41, 5.74) is 0. The average molecular weight is 924 g/mol. The van der Waals surface area contributed by atoms with Gasteiger partial charge in [0.15, 0.2) is 6.29 Å². The third-order valence-corrected chi connectivity index (χ3v) is 13.4. The molecule has 10 nitrogen and oxygen atoms in total. The molecule has 8 unspecified atom stereocenters. The summed E-state index contributed by atoms with van der Waals surface area (Å²) in [5.74, 6) is -0.623. The molecule has 0 aromatic rings. The molecule has 0 radical (unpaired) electrons. The van der Waals surface area contributed by atoms with Crippen LogP contribution < -0.4 is 5.32 Å². The number of aliphatic hydroxyl groups is 6. The monoisotopic (exact) mass is 924 g/mol. The van der Waals surface area contributed by atoms with Gasteiger partial charge in [0.2, 0.25) is 5.91 Å². The Morgan fingerprint density at radius 2 is 0.908 bits per heavy atom. The molecule has 65 heavy (non-hydrogen) atoms. The second kappa shape index (κ2) is 45.1. The number of hydrogen-bond donors (Lipinski definition) is 7. The zero-order valence-corrected chi connectivity index (χ0v) is 42.1. The Hall–Kier alpha value is -1.37. The van der Waals surface area contributed by atoms with E-state index in [0.29, 0.717) is 12.8 Å². The van der Waals surface area contributed by atoms with E-state index in [4.69, 9.17) is 9.47 Å². The molecule has 384 valence electrons. The van der Waals surface area contributed by atoms with E-state index >= 15 is 0 Å². The predicted molar refractivity (Wildman–Crippen MR) is 269 cm³/mol. The van der Waals surface area contributed by atoms with Crippen LogP contribution in [0.2, 0.25) is 0 Å². The zero-order chi connectivity index (χ0) is 47.4. The number of amides is 1. The van der Waals surface area contributed by atoms with Crippen LogP contribution >= 0.6 is 0 Å². The van der Waals surface area contributed by atoms with E-state index in [2.05, 4.69) is 31.3 Å². The lowest BCUT2D eigenvalue weighted by Gasteiger charge is -2.40. The largest absolute Gasteiger partial charge is 0.394 e. The Labute approximate surface area is 399 Å². The van der Waals surface area contributed by atoms with Crippen LogP contribution in [0.4, 0.5) is 0 Å². The van der Waals surface area contributed by atoms with Crippen molar-refractivity contribution in [2.24, 2.45) is 0 Å². The second-order valence-corrected chi connectivity index (χ2v) is 19.5. The summed E-state index contributed by atoms with van der Waals surface area (Å²) in [4.78, 5) is 13.1. The van der Waals surface area contributed by atoms with Crippen LogP contribution in [-0.4, -0.2) is 98.7 Å². The highest BCUT2D eigenvalue weighted by molar-refractivity contribution is 5.80. The zero-order valence-electron chi connectivity index (χ0n) is 42.1. The normalized spacial score (nSPS) is 20.5. The van der Waals surface area contributed by atoms with Gasteiger partial charge in [-0.05, 0) is 32.1 Å². The van der Waals surface area contributed by atoms with Crippen LogP contribution in [0, 0.1) is 0 Å². The molecule has 0 aromatic carbocycles. The molecule has 0 aromatic heterocycles. The van der Waals surface area contributed by atoms with Crippen LogP contribution in [0.3, 0.4) is 0 Å². The first kappa shape index (κ1) is 61.6.